The molecule has 1 aliphatic rings. The van der Waals surface area contributed by atoms with Crippen LogP contribution in [0.4, 0.5) is 24.7 Å². The van der Waals surface area contributed by atoms with Crippen molar-refractivity contribution in [3.05, 3.63) is 71.2 Å². The van der Waals surface area contributed by atoms with Gasteiger partial charge < -0.3 is 15.0 Å². The van der Waals surface area contributed by atoms with Crippen molar-refractivity contribution < 1.29 is 27.5 Å². The van der Waals surface area contributed by atoms with Crippen molar-refractivity contribution in [1.82, 2.24) is 14.8 Å². The van der Waals surface area contributed by atoms with Crippen molar-refractivity contribution in [3.63, 3.8) is 0 Å². The fourth-order valence-corrected chi connectivity index (χ4v) is 3.77. The van der Waals surface area contributed by atoms with Crippen molar-refractivity contribution in [1.29, 1.82) is 0 Å². The number of alkyl halides is 3. The summed E-state index contributed by atoms with van der Waals surface area (Å²) >= 11 is 0. The fraction of sp³-hybridized carbons (Fsp3) is 0.273. The quantitative estimate of drug-likeness (QED) is 0.625. The SMILES string of the molecule is COCc1cc(N2C[C@H](C)n3ncc(C(=O)Nc4ccccn4)c3C2=O)ccc1C(F)(F)F. The minimum Gasteiger partial charge on any atom is -0.380 e. The van der Waals surface area contributed by atoms with Crippen molar-refractivity contribution in [2.45, 2.75) is 25.7 Å². The second kappa shape index (κ2) is 8.66. The number of carbonyl (C=O) groups is 2. The van der Waals surface area contributed by atoms with Gasteiger partial charge in [-0.2, -0.15) is 18.3 Å². The monoisotopic (exact) mass is 459 g/mol. The molecule has 2 amide bonds. The molecule has 4 rings (SSSR count). The van der Waals surface area contributed by atoms with E-state index in [9.17, 15) is 22.8 Å². The van der Waals surface area contributed by atoms with E-state index < -0.39 is 23.6 Å². The van der Waals surface area contributed by atoms with Crippen molar-refractivity contribution >= 4 is 23.3 Å². The zero-order chi connectivity index (χ0) is 23.8. The standard InChI is InChI=1S/C22H20F3N5O3/c1-13-11-29(15-6-7-17(22(23,24)25)14(9-15)12-33-2)21(32)19-16(10-27-30(13)19)20(31)28-18-5-3-4-8-26-18/h3-10,13H,11-12H2,1-2H3,(H,26,28,31)/t13-/m0/s1. The van der Waals surface area contributed by atoms with E-state index in [1.807, 2.05) is 0 Å². The molecule has 0 saturated carbocycles. The minimum absolute atomic E-state index is 0.0474. The lowest BCUT2D eigenvalue weighted by Gasteiger charge is -2.32. The molecule has 1 aromatic carbocycles. The molecule has 1 aliphatic heterocycles. The first-order valence-corrected chi connectivity index (χ1v) is 10.0. The lowest BCUT2D eigenvalue weighted by molar-refractivity contribution is -0.138. The molecule has 0 spiro atoms. The molecule has 33 heavy (non-hydrogen) atoms. The number of pyridine rings is 1. The van der Waals surface area contributed by atoms with Gasteiger partial charge in [0.2, 0.25) is 0 Å². The van der Waals surface area contributed by atoms with Crippen LogP contribution in [0.5, 0.6) is 0 Å². The second-order valence-electron chi connectivity index (χ2n) is 7.56. The molecule has 11 heteroatoms. The Hall–Kier alpha value is -3.73. The van der Waals surface area contributed by atoms with Crippen LogP contribution in [0.15, 0.2) is 48.8 Å². The molecule has 2 aromatic heterocycles. The van der Waals surface area contributed by atoms with E-state index in [1.54, 1.807) is 25.1 Å². The van der Waals surface area contributed by atoms with Crippen LogP contribution >= 0.6 is 0 Å². The zero-order valence-electron chi connectivity index (χ0n) is 17.8. The number of carbonyl (C=O) groups excluding carboxylic acids is 2. The summed E-state index contributed by atoms with van der Waals surface area (Å²) in [4.78, 5) is 31.6. The van der Waals surface area contributed by atoms with Crippen LogP contribution in [0.3, 0.4) is 0 Å². The van der Waals surface area contributed by atoms with Crippen LogP contribution in [0.1, 0.15) is 44.9 Å². The third-order valence-electron chi connectivity index (χ3n) is 5.26. The van der Waals surface area contributed by atoms with Gasteiger partial charge in [-0.3, -0.25) is 14.3 Å². The molecular weight excluding hydrogens is 439 g/mol. The minimum atomic E-state index is -4.55. The molecule has 1 atom stereocenters. The third-order valence-corrected chi connectivity index (χ3v) is 5.26. The number of fused-ring (bicyclic) bond motifs is 1. The van der Waals surface area contributed by atoms with E-state index in [-0.39, 0.29) is 41.7 Å². The molecular formula is C22H20F3N5O3. The summed E-state index contributed by atoms with van der Waals surface area (Å²) in [5, 5.41) is 6.81. The average molecular weight is 459 g/mol. The van der Waals surface area contributed by atoms with E-state index in [0.717, 1.165) is 6.07 Å². The maximum absolute atomic E-state index is 13.4. The van der Waals surface area contributed by atoms with Crippen molar-refractivity contribution in [2.75, 3.05) is 23.9 Å². The first-order chi connectivity index (χ1) is 15.7. The molecule has 0 unspecified atom stereocenters. The van der Waals surface area contributed by atoms with Gasteiger partial charge in [0.05, 0.1) is 30.0 Å². The molecule has 172 valence electrons. The number of aromatic nitrogens is 3. The third kappa shape index (κ3) is 4.31. The highest BCUT2D eigenvalue weighted by molar-refractivity contribution is 6.15. The summed E-state index contributed by atoms with van der Waals surface area (Å²) in [6.07, 6.45) is -1.74. The Morgan fingerprint density at radius 2 is 2.06 bits per heavy atom. The van der Waals surface area contributed by atoms with Crippen LogP contribution in [0.25, 0.3) is 0 Å². The van der Waals surface area contributed by atoms with Crippen LogP contribution in [-0.4, -0.2) is 40.2 Å². The number of hydrogen-bond donors (Lipinski definition) is 1. The Balaban J connectivity index is 1.69. The van der Waals surface area contributed by atoms with Crippen LogP contribution in [0.2, 0.25) is 0 Å². The molecule has 3 heterocycles. The predicted molar refractivity (Wildman–Crippen MR) is 113 cm³/mol. The number of rotatable bonds is 5. The lowest BCUT2D eigenvalue weighted by atomic mass is 10.0. The van der Waals surface area contributed by atoms with E-state index in [1.165, 1.54) is 41.2 Å². The topological polar surface area (TPSA) is 89.3 Å². The number of halogens is 3. The number of methoxy groups -OCH3 is 1. The zero-order valence-corrected chi connectivity index (χ0v) is 17.8. The number of ether oxygens (including phenoxy) is 1. The molecule has 8 nitrogen and oxygen atoms in total. The lowest BCUT2D eigenvalue weighted by Crippen LogP contribution is -2.43. The predicted octanol–water partition coefficient (Wildman–Crippen LogP) is 3.92. The highest BCUT2D eigenvalue weighted by atomic mass is 19.4. The second-order valence-corrected chi connectivity index (χ2v) is 7.56. The number of anilines is 2. The van der Waals surface area contributed by atoms with E-state index in [0.29, 0.717) is 5.82 Å². The Bertz CT molecular complexity index is 1190. The first kappa shape index (κ1) is 22.5. The maximum atomic E-state index is 13.4. The van der Waals surface area contributed by atoms with Gasteiger partial charge in [-0.15, -0.1) is 0 Å². The van der Waals surface area contributed by atoms with Gasteiger partial charge >= 0.3 is 6.18 Å². The van der Waals surface area contributed by atoms with E-state index in [2.05, 4.69) is 15.4 Å². The molecule has 0 saturated heterocycles. The molecule has 0 fully saturated rings. The highest BCUT2D eigenvalue weighted by Crippen LogP contribution is 2.36. The summed E-state index contributed by atoms with van der Waals surface area (Å²) in [5.74, 6) is -0.799. The summed E-state index contributed by atoms with van der Waals surface area (Å²) < 4.78 is 46.5. The van der Waals surface area contributed by atoms with Crippen molar-refractivity contribution in [2.24, 2.45) is 0 Å². The van der Waals surface area contributed by atoms with E-state index in [4.69, 9.17) is 4.74 Å². The Morgan fingerprint density at radius 1 is 1.27 bits per heavy atom. The Kier molecular flexibility index (Phi) is 5.90. The molecule has 1 N–H and O–H groups in total. The summed E-state index contributed by atoms with van der Waals surface area (Å²) in [6.45, 7) is 1.71. The molecule has 0 aliphatic carbocycles. The van der Waals surface area contributed by atoms with E-state index >= 15 is 0 Å². The smallest absolute Gasteiger partial charge is 0.380 e. The summed E-state index contributed by atoms with van der Waals surface area (Å²) in [6, 6.07) is 8.15. The number of nitrogens with zero attached hydrogens (tertiary/aromatic N) is 4. The molecule has 0 radical (unpaired) electrons. The van der Waals surface area contributed by atoms with Gasteiger partial charge in [0.1, 0.15) is 11.5 Å². The summed E-state index contributed by atoms with van der Waals surface area (Å²) in [7, 11) is 1.30. The normalized spacial score (nSPS) is 16.0. The number of benzene rings is 1. The van der Waals surface area contributed by atoms with Gasteiger partial charge in [-0.1, -0.05) is 6.07 Å². The van der Waals surface area contributed by atoms with Gasteiger partial charge in [-0.05, 0) is 42.8 Å². The Labute approximate surface area is 187 Å². The van der Waals surface area contributed by atoms with Gasteiger partial charge in [0, 0.05) is 25.5 Å². The number of amides is 2. The van der Waals surface area contributed by atoms with Crippen LogP contribution in [-0.2, 0) is 17.5 Å². The molecule has 3 aromatic rings. The van der Waals surface area contributed by atoms with Gasteiger partial charge in [0.15, 0.2) is 0 Å². The summed E-state index contributed by atoms with van der Waals surface area (Å²) in [5.41, 5.74) is -0.543. The van der Waals surface area contributed by atoms with Crippen LogP contribution < -0.4 is 10.2 Å². The Morgan fingerprint density at radius 3 is 2.73 bits per heavy atom. The largest absolute Gasteiger partial charge is 0.416 e. The number of nitrogens with one attached hydrogen (secondary N) is 1. The number of hydrogen-bond acceptors (Lipinski definition) is 5. The molecule has 0 bridgehead atoms. The average Bonchev–Trinajstić information content (AvgIpc) is 3.23. The highest BCUT2D eigenvalue weighted by Gasteiger charge is 2.37. The van der Waals surface area contributed by atoms with Gasteiger partial charge in [0.25, 0.3) is 11.8 Å². The van der Waals surface area contributed by atoms with Crippen molar-refractivity contribution in [3.8, 4) is 0 Å². The van der Waals surface area contributed by atoms with Gasteiger partial charge in [-0.25, -0.2) is 4.98 Å². The fourth-order valence-electron chi connectivity index (χ4n) is 3.77. The van der Waals surface area contributed by atoms with Crippen LogP contribution in [0, 0.1) is 0 Å². The maximum Gasteiger partial charge on any atom is 0.416 e. The first-order valence-electron chi connectivity index (χ1n) is 10.0.